The van der Waals surface area contributed by atoms with Crippen LogP contribution in [0.25, 0.3) is 5.57 Å². The maximum absolute atomic E-state index is 9.10. The smallest absolute Gasteiger partial charge is 0.216 e. The van der Waals surface area contributed by atoms with Gasteiger partial charge in [0.05, 0.1) is 0 Å². The molecular weight excluding hydrogens is 372 g/mol. The van der Waals surface area contributed by atoms with E-state index in [0.717, 1.165) is 15.9 Å². The zero-order valence-corrected chi connectivity index (χ0v) is 13.9. The number of aromatic amines is 1. The first-order valence-electron chi connectivity index (χ1n) is 6.89. The molecule has 8 heteroatoms. The number of nitrogens with one attached hydrogen (secondary N) is 2. The summed E-state index contributed by atoms with van der Waals surface area (Å²) >= 11 is 3.38. The second kappa shape index (κ2) is 7.39. The van der Waals surface area contributed by atoms with Gasteiger partial charge >= 0.3 is 0 Å². The second-order valence-electron chi connectivity index (χ2n) is 4.63. The fourth-order valence-electron chi connectivity index (χ4n) is 1.84. The van der Waals surface area contributed by atoms with Crippen LogP contribution >= 0.6 is 15.9 Å². The molecule has 0 saturated carbocycles. The van der Waals surface area contributed by atoms with E-state index in [1.165, 1.54) is 6.20 Å². The summed E-state index contributed by atoms with van der Waals surface area (Å²) in [5.74, 6) is 1.70. The first-order chi connectivity index (χ1) is 11.7. The van der Waals surface area contributed by atoms with Crippen LogP contribution in [0, 0.1) is 11.3 Å². The molecule has 24 heavy (non-hydrogen) atoms. The average molecular weight is 383 g/mol. The first kappa shape index (κ1) is 15.7. The van der Waals surface area contributed by atoms with E-state index in [-0.39, 0.29) is 11.4 Å². The minimum absolute atomic E-state index is 0.236. The van der Waals surface area contributed by atoms with Crippen molar-refractivity contribution < 1.29 is 4.74 Å². The molecule has 0 aliphatic heterocycles. The quantitative estimate of drug-likeness (QED) is 0.652. The van der Waals surface area contributed by atoms with E-state index in [9.17, 15) is 0 Å². The number of nitrogens with zero attached hydrogens (tertiary/aromatic N) is 4. The monoisotopic (exact) mass is 382 g/mol. The van der Waals surface area contributed by atoms with Gasteiger partial charge in [0.2, 0.25) is 5.82 Å². The topological polar surface area (TPSA) is 99.5 Å². The van der Waals surface area contributed by atoms with Crippen molar-refractivity contribution in [3.63, 3.8) is 0 Å². The van der Waals surface area contributed by atoms with Crippen LogP contribution in [0.3, 0.4) is 0 Å². The second-order valence-corrected chi connectivity index (χ2v) is 5.55. The highest BCUT2D eigenvalue weighted by Crippen LogP contribution is 2.24. The number of hydrogen-bond donors (Lipinski definition) is 2. The van der Waals surface area contributed by atoms with Gasteiger partial charge in [0.15, 0.2) is 0 Å². The summed E-state index contributed by atoms with van der Waals surface area (Å²) in [7, 11) is 0. The summed E-state index contributed by atoms with van der Waals surface area (Å²) in [5.41, 5.74) is 1.08. The van der Waals surface area contributed by atoms with Crippen molar-refractivity contribution in [1.29, 1.82) is 5.26 Å². The Kier molecular flexibility index (Phi) is 4.84. The van der Waals surface area contributed by atoms with E-state index in [4.69, 9.17) is 10.00 Å². The number of aromatic nitrogens is 4. The fraction of sp³-hybridized carbons (Fsp3) is 0. The third-order valence-electron chi connectivity index (χ3n) is 2.99. The molecule has 0 unspecified atom stereocenters. The van der Waals surface area contributed by atoms with E-state index in [1.54, 1.807) is 0 Å². The molecule has 0 aliphatic rings. The normalized spacial score (nSPS) is 10.9. The molecule has 2 N–H and O–H groups in total. The summed E-state index contributed by atoms with van der Waals surface area (Å²) < 4.78 is 6.74. The van der Waals surface area contributed by atoms with Crippen molar-refractivity contribution >= 4 is 27.2 Å². The Morgan fingerprint density at radius 1 is 1.12 bits per heavy atom. The van der Waals surface area contributed by atoms with Gasteiger partial charge in [0.25, 0.3) is 0 Å². The predicted octanol–water partition coefficient (Wildman–Crippen LogP) is 3.73. The van der Waals surface area contributed by atoms with Gasteiger partial charge in [-0.1, -0.05) is 15.9 Å². The molecule has 0 spiro atoms. The van der Waals surface area contributed by atoms with Gasteiger partial charge in [0.1, 0.15) is 23.1 Å². The van der Waals surface area contributed by atoms with Crippen LogP contribution in [0.1, 0.15) is 5.82 Å². The number of ether oxygens (including phenoxy) is 1. The zero-order valence-electron chi connectivity index (χ0n) is 12.3. The number of benzene rings is 2. The van der Waals surface area contributed by atoms with Crippen LogP contribution in [0.4, 0.5) is 5.69 Å². The van der Waals surface area contributed by atoms with Crippen LogP contribution in [-0.2, 0) is 0 Å². The number of nitriles is 1. The van der Waals surface area contributed by atoms with Crippen molar-refractivity contribution in [3.05, 3.63) is 65.0 Å². The molecule has 3 rings (SSSR count). The molecule has 0 aliphatic carbocycles. The van der Waals surface area contributed by atoms with Crippen molar-refractivity contribution in [3.8, 4) is 17.6 Å². The minimum Gasteiger partial charge on any atom is -0.457 e. The maximum Gasteiger partial charge on any atom is 0.216 e. The molecule has 1 heterocycles. The molecule has 0 bridgehead atoms. The molecule has 0 amide bonds. The Labute approximate surface area is 146 Å². The number of rotatable bonds is 5. The number of allylic oxidation sites excluding steroid dienone is 1. The number of hydrogen-bond acceptors (Lipinski definition) is 6. The summed E-state index contributed by atoms with van der Waals surface area (Å²) in [6.07, 6.45) is 1.52. The van der Waals surface area contributed by atoms with Gasteiger partial charge in [-0.15, -0.1) is 10.2 Å². The molecule has 0 saturated heterocycles. The van der Waals surface area contributed by atoms with Crippen LogP contribution in [0.5, 0.6) is 11.5 Å². The highest BCUT2D eigenvalue weighted by atomic mass is 79.9. The molecule has 118 valence electrons. The SMILES string of the molecule is N#CC(=CNc1ccc(Oc2ccc(Br)cc2)cc1)c1nn[nH]n1. The van der Waals surface area contributed by atoms with Crippen LogP contribution in [-0.4, -0.2) is 20.6 Å². The van der Waals surface area contributed by atoms with Crippen molar-refractivity contribution in [2.24, 2.45) is 0 Å². The summed E-state index contributed by atoms with van der Waals surface area (Å²) in [6, 6.07) is 16.9. The number of halogens is 1. The van der Waals surface area contributed by atoms with Gasteiger partial charge in [-0.25, -0.2) is 0 Å². The molecule has 3 aromatic rings. The highest BCUT2D eigenvalue weighted by molar-refractivity contribution is 9.10. The lowest BCUT2D eigenvalue weighted by Gasteiger charge is -2.07. The summed E-state index contributed by atoms with van der Waals surface area (Å²) in [5, 5.41) is 25.4. The van der Waals surface area contributed by atoms with Crippen LogP contribution in [0.2, 0.25) is 0 Å². The fourth-order valence-corrected chi connectivity index (χ4v) is 2.10. The number of H-pyrrole nitrogens is 1. The lowest BCUT2D eigenvalue weighted by molar-refractivity contribution is 0.482. The average Bonchev–Trinajstić information content (AvgIpc) is 3.13. The molecule has 0 fully saturated rings. The van der Waals surface area contributed by atoms with Crippen molar-refractivity contribution in [2.45, 2.75) is 0 Å². The van der Waals surface area contributed by atoms with Crippen LogP contribution < -0.4 is 10.1 Å². The molecule has 2 aromatic carbocycles. The summed E-state index contributed by atoms with van der Waals surface area (Å²) in [4.78, 5) is 0. The number of anilines is 1. The predicted molar refractivity (Wildman–Crippen MR) is 92.0 cm³/mol. The maximum atomic E-state index is 9.10. The van der Waals surface area contributed by atoms with E-state index < -0.39 is 0 Å². The molecular formula is C16H11BrN6O. The highest BCUT2D eigenvalue weighted by Gasteiger charge is 2.05. The first-order valence-corrected chi connectivity index (χ1v) is 7.68. The van der Waals surface area contributed by atoms with Gasteiger partial charge in [-0.3, -0.25) is 0 Å². The lowest BCUT2D eigenvalue weighted by atomic mass is 10.2. The molecule has 7 nitrogen and oxygen atoms in total. The Morgan fingerprint density at radius 2 is 1.79 bits per heavy atom. The van der Waals surface area contributed by atoms with E-state index in [1.807, 2.05) is 54.6 Å². The third kappa shape index (κ3) is 3.97. The standard InChI is InChI=1S/C16H11BrN6O/c17-12-1-5-14(6-2-12)24-15-7-3-13(4-8-15)19-10-11(9-18)16-20-22-23-21-16/h1-8,10,19H,(H,20,21,22,23). The minimum atomic E-state index is 0.236. The lowest BCUT2D eigenvalue weighted by Crippen LogP contribution is -1.93. The van der Waals surface area contributed by atoms with Gasteiger partial charge in [-0.2, -0.15) is 10.5 Å². The largest absolute Gasteiger partial charge is 0.457 e. The molecule has 0 radical (unpaired) electrons. The Morgan fingerprint density at radius 3 is 2.38 bits per heavy atom. The van der Waals surface area contributed by atoms with Crippen molar-refractivity contribution in [1.82, 2.24) is 20.6 Å². The molecule has 0 atom stereocenters. The Hall–Kier alpha value is -3.18. The van der Waals surface area contributed by atoms with Gasteiger partial charge in [-0.05, 0) is 53.7 Å². The zero-order chi connectivity index (χ0) is 16.8. The van der Waals surface area contributed by atoms with E-state index in [0.29, 0.717) is 5.75 Å². The molecule has 1 aromatic heterocycles. The Bertz CT molecular complexity index is 866. The van der Waals surface area contributed by atoms with E-state index >= 15 is 0 Å². The van der Waals surface area contributed by atoms with Crippen LogP contribution in [0.15, 0.2) is 59.2 Å². The third-order valence-corrected chi connectivity index (χ3v) is 3.52. The Balaban J connectivity index is 1.66. The van der Waals surface area contributed by atoms with E-state index in [2.05, 4.69) is 41.9 Å². The number of tetrazole rings is 1. The van der Waals surface area contributed by atoms with Gasteiger partial charge < -0.3 is 10.1 Å². The van der Waals surface area contributed by atoms with Crippen molar-refractivity contribution in [2.75, 3.05) is 5.32 Å². The summed E-state index contributed by atoms with van der Waals surface area (Å²) in [6.45, 7) is 0. The van der Waals surface area contributed by atoms with Gasteiger partial charge in [0, 0.05) is 16.4 Å².